The monoisotopic (exact) mass is 427 g/mol. The van der Waals surface area contributed by atoms with Crippen molar-refractivity contribution in [3.05, 3.63) is 77.9 Å². The van der Waals surface area contributed by atoms with E-state index in [2.05, 4.69) is 34.0 Å². The van der Waals surface area contributed by atoms with Gasteiger partial charge >= 0.3 is 6.03 Å². The van der Waals surface area contributed by atoms with Crippen molar-refractivity contribution in [2.75, 3.05) is 5.32 Å². The summed E-state index contributed by atoms with van der Waals surface area (Å²) >= 11 is 0. The van der Waals surface area contributed by atoms with Crippen molar-refractivity contribution in [3.63, 3.8) is 0 Å². The number of nitrogens with one attached hydrogen (secondary N) is 1. The molecule has 0 radical (unpaired) electrons. The lowest BCUT2D eigenvalue weighted by molar-refractivity contribution is 0.225. The van der Waals surface area contributed by atoms with E-state index in [1.165, 1.54) is 0 Å². The Bertz CT molecular complexity index is 1310. The first-order valence-corrected chi connectivity index (χ1v) is 10.7. The summed E-state index contributed by atoms with van der Waals surface area (Å²) < 4.78 is 7.75. The molecular weight excluding hydrogens is 402 g/mol. The van der Waals surface area contributed by atoms with E-state index in [1.807, 2.05) is 55.5 Å². The third-order valence-electron chi connectivity index (χ3n) is 5.80. The molecule has 162 valence electrons. The van der Waals surface area contributed by atoms with Crippen LogP contribution < -0.4 is 10.1 Å². The fourth-order valence-corrected chi connectivity index (χ4v) is 4.01. The van der Waals surface area contributed by atoms with Gasteiger partial charge in [-0.15, -0.1) is 0 Å². The zero-order valence-electron chi connectivity index (χ0n) is 18.4. The largest absolute Gasteiger partial charge is 0.439 e. The topological polar surface area (TPSA) is 72.3 Å². The highest BCUT2D eigenvalue weighted by Crippen LogP contribution is 2.33. The van der Waals surface area contributed by atoms with Crippen LogP contribution in [0.25, 0.3) is 10.9 Å². The van der Waals surface area contributed by atoms with E-state index in [4.69, 9.17) is 4.74 Å². The summed E-state index contributed by atoms with van der Waals surface area (Å²) in [6.07, 6.45) is 3.32. The number of ether oxygens (including phenoxy) is 1. The third kappa shape index (κ3) is 3.83. The quantitative estimate of drug-likeness (QED) is 0.476. The van der Waals surface area contributed by atoms with Gasteiger partial charge in [0.1, 0.15) is 12.1 Å². The van der Waals surface area contributed by atoms with Crippen molar-refractivity contribution in [2.24, 2.45) is 0 Å². The molecule has 3 heterocycles. The van der Waals surface area contributed by atoms with Crippen LogP contribution in [0.4, 0.5) is 10.5 Å². The van der Waals surface area contributed by atoms with E-state index < -0.39 is 0 Å². The molecule has 1 aliphatic rings. The molecule has 0 fully saturated rings. The molecule has 0 aliphatic carbocycles. The Hall–Kier alpha value is -3.71. The van der Waals surface area contributed by atoms with Crippen molar-refractivity contribution < 1.29 is 9.53 Å². The minimum absolute atomic E-state index is 0.207. The second kappa shape index (κ2) is 8.09. The predicted molar refractivity (Wildman–Crippen MR) is 124 cm³/mol. The van der Waals surface area contributed by atoms with Crippen molar-refractivity contribution in [1.82, 2.24) is 19.4 Å². The Morgan fingerprint density at radius 1 is 1.09 bits per heavy atom. The molecule has 7 nitrogen and oxygen atoms in total. The molecule has 0 bridgehead atoms. The second-order valence-electron chi connectivity index (χ2n) is 8.41. The van der Waals surface area contributed by atoms with Gasteiger partial charge in [-0.2, -0.15) is 0 Å². The lowest BCUT2D eigenvalue weighted by Crippen LogP contribution is -2.24. The van der Waals surface area contributed by atoms with Crippen molar-refractivity contribution >= 4 is 22.6 Å². The molecule has 4 aromatic rings. The Kier molecular flexibility index (Phi) is 5.11. The Balaban J connectivity index is 1.37. The molecule has 2 aromatic heterocycles. The number of aryl methyl sites for hydroxylation is 1. The highest BCUT2D eigenvalue weighted by molar-refractivity contribution is 5.98. The number of carbonyl (C=O) groups excluding carboxylic acids is 1. The number of aromatic nitrogens is 3. The summed E-state index contributed by atoms with van der Waals surface area (Å²) in [6.45, 7) is 7.93. The van der Waals surface area contributed by atoms with Crippen molar-refractivity contribution in [2.45, 2.75) is 39.9 Å². The fourth-order valence-electron chi connectivity index (χ4n) is 4.01. The van der Waals surface area contributed by atoms with Crippen LogP contribution in [0.5, 0.6) is 11.6 Å². The zero-order valence-corrected chi connectivity index (χ0v) is 18.4. The van der Waals surface area contributed by atoms with E-state index >= 15 is 0 Å². The van der Waals surface area contributed by atoms with E-state index in [0.29, 0.717) is 17.7 Å². The molecule has 1 N–H and O–H groups in total. The van der Waals surface area contributed by atoms with Crippen LogP contribution in [-0.4, -0.2) is 31.5 Å². The van der Waals surface area contributed by atoms with E-state index in [1.54, 1.807) is 17.1 Å². The number of amides is 1. The Morgan fingerprint density at radius 2 is 1.97 bits per heavy atom. The van der Waals surface area contributed by atoms with Crippen molar-refractivity contribution in [3.8, 4) is 11.6 Å². The van der Waals surface area contributed by atoms with Crippen LogP contribution in [0.15, 0.2) is 61.1 Å². The molecule has 1 amide bonds. The number of nitrogens with zero attached hydrogens (tertiary/aromatic N) is 4. The van der Waals surface area contributed by atoms with Crippen LogP contribution >= 0.6 is 0 Å². The zero-order chi connectivity index (χ0) is 22.2. The minimum Gasteiger partial charge on any atom is -0.439 e. The average molecular weight is 428 g/mol. The number of benzene rings is 2. The molecule has 0 saturated carbocycles. The lowest BCUT2D eigenvalue weighted by Gasteiger charge is -2.18. The highest BCUT2D eigenvalue weighted by atomic mass is 16.5. The van der Waals surface area contributed by atoms with Gasteiger partial charge in [-0.1, -0.05) is 12.1 Å². The van der Waals surface area contributed by atoms with Gasteiger partial charge in [-0.3, -0.25) is 9.47 Å². The lowest BCUT2D eigenvalue weighted by atomic mass is 10.2. The van der Waals surface area contributed by atoms with Crippen LogP contribution in [0.1, 0.15) is 30.7 Å². The van der Waals surface area contributed by atoms with Gasteiger partial charge in [0.05, 0.1) is 16.8 Å². The van der Waals surface area contributed by atoms with Gasteiger partial charge in [-0.25, -0.2) is 14.8 Å². The normalized spacial score (nSPS) is 13.5. The van der Waals surface area contributed by atoms with Crippen molar-refractivity contribution in [1.29, 1.82) is 0 Å². The summed E-state index contributed by atoms with van der Waals surface area (Å²) in [5, 5.41) is 3.86. The molecule has 5 rings (SSSR count). The summed E-state index contributed by atoms with van der Waals surface area (Å²) in [6, 6.07) is 15.5. The van der Waals surface area contributed by atoms with Crippen LogP contribution in [-0.2, 0) is 13.1 Å². The average Bonchev–Trinajstić information content (AvgIpc) is 3.38. The molecule has 32 heavy (non-hydrogen) atoms. The summed E-state index contributed by atoms with van der Waals surface area (Å²) in [5.41, 5.74) is 4.72. The third-order valence-corrected chi connectivity index (χ3v) is 5.80. The summed E-state index contributed by atoms with van der Waals surface area (Å²) in [4.78, 5) is 23.9. The molecule has 0 saturated heterocycles. The first-order valence-electron chi connectivity index (χ1n) is 10.7. The molecule has 0 unspecified atom stereocenters. The first-order chi connectivity index (χ1) is 15.5. The molecule has 7 heteroatoms. The minimum atomic E-state index is -0.207. The molecule has 0 spiro atoms. The Morgan fingerprint density at radius 3 is 2.78 bits per heavy atom. The van der Waals surface area contributed by atoms with Gasteiger partial charge in [0.25, 0.3) is 0 Å². The van der Waals surface area contributed by atoms with E-state index in [9.17, 15) is 4.79 Å². The standard InChI is InChI=1S/C25H25N5O2/c1-16(2)29-13-21-22(14-29)26-15-27-24(21)32-20-7-8-23-18(12-20)9-10-30(23)25(31)28-19-6-4-5-17(3)11-19/h4-12,15-16H,13-14H2,1-3H3,(H,28,31). The first kappa shape index (κ1) is 20.2. The number of anilines is 1. The predicted octanol–water partition coefficient (Wildman–Crippen LogP) is 5.34. The van der Waals surface area contributed by atoms with Gasteiger partial charge < -0.3 is 10.1 Å². The van der Waals surface area contributed by atoms with E-state index in [-0.39, 0.29) is 6.03 Å². The van der Waals surface area contributed by atoms with Crippen LogP contribution in [0.2, 0.25) is 0 Å². The smallest absolute Gasteiger partial charge is 0.330 e. The van der Waals surface area contributed by atoms with Crippen LogP contribution in [0.3, 0.4) is 0 Å². The fraction of sp³-hybridized carbons (Fsp3) is 0.240. The number of fused-ring (bicyclic) bond motifs is 2. The molecular formula is C25H25N5O2. The maximum Gasteiger partial charge on any atom is 0.330 e. The van der Waals surface area contributed by atoms with Crippen LogP contribution in [0, 0.1) is 6.92 Å². The maximum atomic E-state index is 12.8. The molecule has 0 atom stereocenters. The molecule has 1 aliphatic heterocycles. The molecule has 2 aromatic carbocycles. The van der Waals surface area contributed by atoms with E-state index in [0.717, 1.165) is 46.5 Å². The Labute approximate surface area is 186 Å². The van der Waals surface area contributed by atoms with Gasteiger partial charge in [0, 0.05) is 36.4 Å². The number of hydrogen-bond acceptors (Lipinski definition) is 5. The van der Waals surface area contributed by atoms with Gasteiger partial charge in [0.15, 0.2) is 0 Å². The maximum absolute atomic E-state index is 12.8. The van der Waals surface area contributed by atoms with Gasteiger partial charge in [-0.05, 0) is 62.7 Å². The summed E-state index contributed by atoms with van der Waals surface area (Å²) in [7, 11) is 0. The second-order valence-corrected chi connectivity index (χ2v) is 8.41. The van der Waals surface area contributed by atoms with Gasteiger partial charge in [0.2, 0.25) is 5.88 Å². The summed E-state index contributed by atoms with van der Waals surface area (Å²) in [5.74, 6) is 1.27. The highest BCUT2D eigenvalue weighted by Gasteiger charge is 2.26. The number of carbonyl (C=O) groups is 1. The SMILES string of the molecule is Cc1cccc(NC(=O)n2ccc3cc(Oc4ncnc5c4CN(C(C)C)C5)ccc32)c1. The number of rotatable bonds is 4. The number of hydrogen-bond donors (Lipinski definition) is 1.